The van der Waals surface area contributed by atoms with Gasteiger partial charge in [-0.2, -0.15) is 0 Å². The summed E-state index contributed by atoms with van der Waals surface area (Å²) in [6.07, 6.45) is 5.16. The maximum atomic E-state index is 3.60. The summed E-state index contributed by atoms with van der Waals surface area (Å²) in [5.74, 6) is 0. The average molecular weight is 296 g/mol. The highest BCUT2D eigenvalue weighted by Crippen LogP contribution is 2.27. The summed E-state index contributed by atoms with van der Waals surface area (Å²) < 4.78 is 1.18. The summed E-state index contributed by atoms with van der Waals surface area (Å²) >= 11 is 3.54. The molecule has 1 saturated carbocycles. The Balaban J connectivity index is 1.82. The molecule has 0 unspecified atom stereocenters. The van der Waals surface area contributed by atoms with Crippen molar-refractivity contribution >= 4 is 15.9 Å². The highest BCUT2D eigenvalue weighted by Gasteiger charge is 2.23. The zero-order chi connectivity index (χ0) is 12.3. The third-order valence-corrected chi connectivity index (χ3v) is 3.88. The first-order chi connectivity index (χ1) is 8.05. The third-order valence-electron chi connectivity index (χ3n) is 3.38. The number of hydrogen-bond donors (Lipinski definition) is 1. The van der Waals surface area contributed by atoms with Crippen molar-refractivity contribution in [2.24, 2.45) is 5.41 Å². The molecule has 0 saturated heterocycles. The maximum absolute atomic E-state index is 3.60. The molecule has 94 valence electrons. The van der Waals surface area contributed by atoms with Gasteiger partial charge < -0.3 is 5.32 Å². The number of hydrogen-bond acceptors (Lipinski definition) is 1. The summed E-state index contributed by atoms with van der Waals surface area (Å²) in [5, 5.41) is 3.60. The first kappa shape index (κ1) is 13.1. The van der Waals surface area contributed by atoms with Crippen molar-refractivity contribution in [2.75, 3.05) is 6.54 Å². The van der Waals surface area contributed by atoms with Crippen LogP contribution in [0.2, 0.25) is 0 Å². The molecule has 0 aromatic heterocycles. The molecule has 1 nitrogen and oxygen atoms in total. The van der Waals surface area contributed by atoms with E-state index >= 15 is 0 Å². The minimum atomic E-state index is 0.378. The lowest BCUT2D eigenvalue weighted by Gasteiger charge is -2.25. The van der Waals surface area contributed by atoms with Crippen LogP contribution in [0.25, 0.3) is 0 Å². The van der Waals surface area contributed by atoms with Crippen LogP contribution in [0, 0.1) is 5.41 Å². The Morgan fingerprint density at radius 1 is 1.35 bits per heavy atom. The minimum Gasteiger partial charge on any atom is -0.314 e. The van der Waals surface area contributed by atoms with E-state index in [1.165, 1.54) is 29.3 Å². The molecule has 0 aliphatic heterocycles. The van der Waals surface area contributed by atoms with E-state index in [4.69, 9.17) is 0 Å². The van der Waals surface area contributed by atoms with Crippen LogP contribution >= 0.6 is 15.9 Å². The number of benzene rings is 1. The molecular weight excluding hydrogens is 274 g/mol. The zero-order valence-corrected chi connectivity index (χ0v) is 12.4. The Bertz CT molecular complexity index is 369. The predicted octanol–water partition coefficient (Wildman–Crippen LogP) is 4.16. The van der Waals surface area contributed by atoms with Crippen LogP contribution in [-0.2, 0) is 6.42 Å². The van der Waals surface area contributed by atoms with Gasteiger partial charge in [-0.3, -0.25) is 0 Å². The van der Waals surface area contributed by atoms with E-state index in [2.05, 4.69) is 59.4 Å². The lowest BCUT2D eigenvalue weighted by atomic mass is 9.82. The van der Waals surface area contributed by atoms with E-state index in [0.717, 1.165) is 19.0 Å². The Morgan fingerprint density at radius 2 is 2.12 bits per heavy atom. The Hall–Kier alpha value is -0.340. The van der Waals surface area contributed by atoms with Gasteiger partial charge in [-0.25, -0.2) is 0 Å². The number of nitrogens with one attached hydrogen (secondary N) is 1. The summed E-state index contributed by atoms with van der Waals surface area (Å²) in [6, 6.07) is 9.50. The molecule has 0 heterocycles. The van der Waals surface area contributed by atoms with Gasteiger partial charge in [-0.1, -0.05) is 41.9 Å². The van der Waals surface area contributed by atoms with Crippen LogP contribution in [-0.4, -0.2) is 12.6 Å². The fraction of sp³-hybridized carbons (Fsp3) is 0.600. The Labute approximate surface area is 113 Å². The van der Waals surface area contributed by atoms with Crippen LogP contribution in [0.1, 0.15) is 38.7 Å². The Kier molecular flexibility index (Phi) is 4.26. The normalized spacial score (nSPS) is 16.2. The second kappa shape index (κ2) is 5.53. The first-order valence-corrected chi connectivity index (χ1v) is 7.32. The molecule has 0 atom stereocenters. The second-order valence-electron chi connectivity index (χ2n) is 5.95. The molecule has 0 spiro atoms. The highest BCUT2D eigenvalue weighted by molar-refractivity contribution is 9.10. The van der Waals surface area contributed by atoms with E-state index in [1.807, 2.05) is 0 Å². The van der Waals surface area contributed by atoms with Gasteiger partial charge in [0.15, 0.2) is 0 Å². The zero-order valence-electron chi connectivity index (χ0n) is 10.8. The lowest BCUT2D eigenvalue weighted by Crippen LogP contribution is -2.25. The molecule has 17 heavy (non-hydrogen) atoms. The molecule has 1 N–H and O–H groups in total. The highest BCUT2D eigenvalue weighted by atomic mass is 79.9. The fourth-order valence-electron chi connectivity index (χ4n) is 2.19. The van der Waals surface area contributed by atoms with Crippen molar-refractivity contribution < 1.29 is 0 Å². The van der Waals surface area contributed by atoms with Gasteiger partial charge in [0.2, 0.25) is 0 Å². The van der Waals surface area contributed by atoms with E-state index in [-0.39, 0.29) is 0 Å². The molecule has 1 aliphatic carbocycles. The molecule has 1 fully saturated rings. The molecule has 0 bridgehead atoms. The predicted molar refractivity (Wildman–Crippen MR) is 77.3 cm³/mol. The topological polar surface area (TPSA) is 12.0 Å². The van der Waals surface area contributed by atoms with Crippen LogP contribution in [0.15, 0.2) is 28.7 Å². The van der Waals surface area contributed by atoms with Crippen LogP contribution in [0.4, 0.5) is 0 Å². The fourth-order valence-corrected chi connectivity index (χ4v) is 2.64. The minimum absolute atomic E-state index is 0.378. The molecular formula is C15H22BrN. The number of halogens is 1. The molecule has 0 amide bonds. The average Bonchev–Trinajstić information content (AvgIpc) is 3.00. The van der Waals surface area contributed by atoms with Gasteiger partial charge in [0.25, 0.3) is 0 Å². The first-order valence-electron chi connectivity index (χ1n) is 6.53. The maximum Gasteiger partial charge on any atom is 0.0177 e. The van der Waals surface area contributed by atoms with Gasteiger partial charge in [-0.15, -0.1) is 0 Å². The summed E-state index contributed by atoms with van der Waals surface area (Å²) in [7, 11) is 0. The third kappa shape index (κ3) is 4.81. The van der Waals surface area contributed by atoms with E-state index in [1.54, 1.807) is 0 Å². The van der Waals surface area contributed by atoms with Crippen LogP contribution < -0.4 is 5.32 Å². The van der Waals surface area contributed by atoms with Crippen molar-refractivity contribution in [3.8, 4) is 0 Å². The molecule has 2 heteroatoms. The second-order valence-corrected chi connectivity index (χ2v) is 6.86. The van der Waals surface area contributed by atoms with Crippen molar-refractivity contribution in [1.29, 1.82) is 0 Å². The monoisotopic (exact) mass is 295 g/mol. The Morgan fingerprint density at radius 3 is 2.76 bits per heavy atom. The van der Waals surface area contributed by atoms with E-state index < -0.39 is 0 Å². The molecule has 1 aliphatic rings. The molecule has 1 aromatic rings. The van der Waals surface area contributed by atoms with Gasteiger partial charge in [0, 0.05) is 10.5 Å². The van der Waals surface area contributed by atoms with Crippen LogP contribution in [0.3, 0.4) is 0 Å². The van der Waals surface area contributed by atoms with E-state index in [9.17, 15) is 0 Å². The summed E-state index contributed by atoms with van der Waals surface area (Å²) in [5.41, 5.74) is 1.80. The standard InChI is InChI=1S/C15H22BrN/c1-15(2,8-9-17-14-6-7-14)11-12-4-3-5-13(16)10-12/h3-5,10,14,17H,6-9,11H2,1-2H3. The lowest BCUT2D eigenvalue weighted by molar-refractivity contribution is 0.325. The van der Waals surface area contributed by atoms with Gasteiger partial charge in [0.1, 0.15) is 0 Å². The summed E-state index contributed by atoms with van der Waals surface area (Å²) in [4.78, 5) is 0. The number of rotatable bonds is 6. The SMILES string of the molecule is CC(C)(CCNC1CC1)Cc1cccc(Br)c1. The van der Waals surface area contributed by atoms with Gasteiger partial charge in [0.05, 0.1) is 0 Å². The van der Waals surface area contributed by atoms with Crippen molar-refractivity contribution in [3.63, 3.8) is 0 Å². The van der Waals surface area contributed by atoms with E-state index in [0.29, 0.717) is 5.41 Å². The molecule has 1 aromatic carbocycles. The quantitative estimate of drug-likeness (QED) is 0.831. The largest absolute Gasteiger partial charge is 0.314 e. The summed E-state index contributed by atoms with van der Waals surface area (Å²) in [6.45, 7) is 5.89. The van der Waals surface area contributed by atoms with Gasteiger partial charge in [-0.05, 0) is 55.3 Å². The van der Waals surface area contributed by atoms with Crippen molar-refractivity contribution in [3.05, 3.63) is 34.3 Å². The molecule has 2 rings (SSSR count). The smallest absolute Gasteiger partial charge is 0.0177 e. The molecule has 0 radical (unpaired) electrons. The van der Waals surface area contributed by atoms with Gasteiger partial charge >= 0.3 is 0 Å². The van der Waals surface area contributed by atoms with Crippen molar-refractivity contribution in [2.45, 2.75) is 45.6 Å². The van der Waals surface area contributed by atoms with Crippen LogP contribution in [0.5, 0.6) is 0 Å². The van der Waals surface area contributed by atoms with Crippen molar-refractivity contribution in [1.82, 2.24) is 5.32 Å².